The van der Waals surface area contributed by atoms with E-state index in [2.05, 4.69) is 57.4 Å². The van der Waals surface area contributed by atoms with Gasteiger partial charge in [-0.3, -0.25) is 27.7 Å². The van der Waals surface area contributed by atoms with Crippen LogP contribution in [0, 0.1) is 62.1 Å². The summed E-state index contributed by atoms with van der Waals surface area (Å²) in [7, 11) is 2.99. The Morgan fingerprint density at radius 3 is 1.37 bits per heavy atom. The van der Waals surface area contributed by atoms with Gasteiger partial charge >= 0.3 is 4.70 Å². The van der Waals surface area contributed by atoms with Gasteiger partial charge in [0.25, 0.3) is 15.3 Å². The molecule has 6 aliphatic rings. The first-order chi connectivity index (χ1) is 26.4. The number of amides is 2. The maximum Gasteiger partial charge on any atom is 0.313 e. The Hall–Kier alpha value is -0.678. The molecular formula is C28H41Cl3N6O20Y3-4. The zero-order chi connectivity index (χ0) is 42.5. The van der Waals surface area contributed by atoms with E-state index in [1.54, 1.807) is 6.29 Å². The Kier molecular flexibility index (Phi) is 39.2. The van der Waals surface area contributed by atoms with Gasteiger partial charge in [0.05, 0.1) is 63.9 Å². The first-order valence-corrected chi connectivity index (χ1v) is 17.1. The van der Waals surface area contributed by atoms with Crippen molar-refractivity contribution in [2.45, 2.75) is 74.7 Å². The van der Waals surface area contributed by atoms with Crippen molar-refractivity contribution in [2.75, 3.05) is 39.6 Å². The summed E-state index contributed by atoms with van der Waals surface area (Å²) in [5, 5.41) is 29.5. The SMILES string of the molecule is C[C@@H]1CO[C@H]2[C@@H]1OC[C@@H]2O[N+](=O)[O-].O=C(Cl)C[C@@H]1CO[C@H]2[C@@H]1OC[C@@H]2O[N+](=O)[O-].O=C(Cl)Cl.O=[C-]C[C@@H]1CO[C@H]2[C@@H]1OC[C@@H]2O[N+](=O)[O-].[CH2-]C(N)=O.[CH2-]NC=O.[NH2-].[Y].[Y].[Y]. The number of rotatable bonds is 11. The van der Waals surface area contributed by atoms with Crippen molar-refractivity contribution in [3.63, 3.8) is 0 Å². The maximum atomic E-state index is 10.8. The summed E-state index contributed by atoms with van der Waals surface area (Å²) in [6.07, 6.45) is -1.10. The van der Waals surface area contributed by atoms with Crippen LogP contribution in [0.4, 0.5) is 4.79 Å². The Morgan fingerprint density at radius 1 is 0.733 bits per heavy atom. The summed E-state index contributed by atoms with van der Waals surface area (Å²) in [6.45, 7) is 6.52. The molecule has 2 amide bonds. The largest absolute Gasteiger partial charge is 0.693 e. The van der Waals surface area contributed by atoms with Crippen molar-refractivity contribution < 1.29 is 180 Å². The summed E-state index contributed by atoms with van der Waals surface area (Å²) < 4.78 is 31.1. The average Bonchev–Trinajstić information content (AvgIpc) is 3.93. The monoisotopic (exact) mass is 1150 g/mol. The van der Waals surface area contributed by atoms with Crippen molar-refractivity contribution in [1.82, 2.24) is 5.32 Å². The number of nitrogens with one attached hydrogen (secondary N) is 1. The van der Waals surface area contributed by atoms with Gasteiger partial charge in [-0.05, 0) is 40.7 Å². The van der Waals surface area contributed by atoms with Gasteiger partial charge in [0.1, 0.15) is 18.3 Å². The number of hydrogen-bond donors (Lipinski definition) is 2. The molecule has 0 saturated carbocycles. The summed E-state index contributed by atoms with van der Waals surface area (Å²) >= 11 is 14.1. The predicted molar refractivity (Wildman–Crippen MR) is 187 cm³/mol. The molecule has 337 valence electrons. The van der Waals surface area contributed by atoms with E-state index >= 15 is 0 Å². The van der Waals surface area contributed by atoms with Gasteiger partial charge in [0.15, 0.2) is 24.7 Å². The minimum absolute atomic E-state index is 0. The molecule has 0 aliphatic carbocycles. The number of carbonyl (C=O) groups is 4. The van der Waals surface area contributed by atoms with Gasteiger partial charge in [-0.1, -0.05) is 6.92 Å². The maximum absolute atomic E-state index is 10.8. The molecule has 3 radical (unpaired) electrons. The minimum atomic E-state index is -0.889. The molecule has 0 unspecified atom stereocenters. The molecule has 0 aromatic carbocycles. The Labute approximate surface area is 432 Å². The van der Waals surface area contributed by atoms with E-state index in [9.17, 15) is 39.9 Å². The molecule has 6 heterocycles. The van der Waals surface area contributed by atoms with Crippen LogP contribution in [0.25, 0.3) is 6.15 Å². The van der Waals surface area contributed by atoms with Gasteiger partial charge < -0.3 is 76.6 Å². The first kappa shape index (κ1) is 65.9. The standard InChI is InChI=1S/C8H10ClNO6.C8H10NO6.C7H11NO5.2C2H4NO.CCl2O.H2N.3Y/c9-6(11)1-4-2-14-8-5(16-10(12)13)3-15-7(4)8;10-2-1-5-3-13-8-6(15-9(11)12)4-14-7(5)8;1-4-2-11-7-5(13-8(9)10)3-12-6(4)7;1-3-2-4;1-2(3)4;2-1(3)4;;;;/h4-5,7-8H,1-3H2;5-8H,1,3-4H2;4-7H,2-3H2,1H3;2H,1H2,(H,3,4);1H2,(H2,3,4);;1H2;;;/q;-1;;2*-1;;-1;;;/t4-,5+,7-,8-;5-,6+,7-,8-;4-,5+,6-,7-;;;;;;;/m111......./s1. The zero-order valence-corrected chi connectivity index (χ0v) is 42.4. The van der Waals surface area contributed by atoms with Crippen LogP contribution in [0.3, 0.4) is 0 Å². The van der Waals surface area contributed by atoms with Crippen LogP contribution in [-0.2, 0) is 160 Å². The van der Waals surface area contributed by atoms with E-state index < -0.39 is 61.6 Å². The van der Waals surface area contributed by atoms with E-state index in [0.29, 0.717) is 32.1 Å². The van der Waals surface area contributed by atoms with E-state index in [-0.39, 0.29) is 173 Å². The number of fused-ring (bicyclic) bond motifs is 3. The molecule has 6 fully saturated rings. The summed E-state index contributed by atoms with van der Waals surface area (Å²) in [4.78, 5) is 91.8. The average molecular weight is 1150 g/mol. The number of nitrogens with two attached hydrogens (primary N) is 2. The van der Waals surface area contributed by atoms with Crippen LogP contribution in [0.15, 0.2) is 0 Å². The van der Waals surface area contributed by atoms with E-state index in [1.807, 2.05) is 12.2 Å². The molecule has 0 spiro atoms. The van der Waals surface area contributed by atoms with E-state index in [1.165, 1.54) is 0 Å². The molecule has 6 rings (SSSR count). The number of primary amides is 1. The number of ether oxygens (including phenoxy) is 6. The predicted octanol–water partition coefficient (Wildman–Crippen LogP) is 0.730. The van der Waals surface area contributed by atoms with Crippen molar-refractivity contribution >= 4 is 63.4 Å². The number of hydrogen-bond acceptors (Lipinski definition) is 20. The molecule has 0 aromatic heterocycles. The number of halogens is 3. The van der Waals surface area contributed by atoms with Crippen LogP contribution in [0.2, 0.25) is 0 Å². The zero-order valence-electron chi connectivity index (χ0n) is 31.6. The Morgan fingerprint density at radius 2 is 1.03 bits per heavy atom. The second-order valence-corrected chi connectivity index (χ2v) is 13.1. The smallest absolute Gasteiger partial charge is 0.313 e. The third kappa shape index (κ3) is 25.0. The fourth-order valence-electron chi connectivity index (χ4n) is 6.01. The molecule has 0 bridgehead atoms. The molecular weight excluding hydrogens is 1110 g/mol. The van der Waals surface area contributed by atoms with Gasteiger partial charge in [0.2, 0.25) is 5.24 Å². The molecule has 32 heteroatoms. The van der Waals surface area contributed by atoms with Crippen molar-refractivity contribution in [3.8, 4) is 0 Å². The molecule has 5 N–H and O–H groups in total. The van der Waals surface area contributed by atoms with Crippen molar-refractivity contribution in [1.29, 1.82) is 0 Å². The molecule has 0 aromatic rings. The van der Waals surface area contributed by atoms with Crippen LogP contribution in [0.5, 0.6) is 0 Å². The molecule has 60 heavy (non-hydrogen) atoms. The van der Waals surface area contributed by atoms with Gasteiger partial charge in [-0.2, -0.15) is 0 Å². The number of nitrogens with zero attached hydrogens (tertiary/aromatic N) is 3. The fourth-order valence-corrected chi connectivity index (χ4v) is 6.21. The van der Waals surface area contributed by atoms with Gasteiger partial charge in [-0.15, -0.1) is 36.8 Å². The van der Waals surface area contributed by atoms with Crippen LogP contribution < -0.4 is 11.1 Å². The van der Waals surface area contributed by atoms with Crippen LogP contribution >= 0.6 is 34.8 Å². The second kappa shape index (κ2) is 35.6. The first-order valence-electron chi connectivity index (χ1n) is 16.0. The third-order valence-corrected chi connectivity index (χ3v) is 8.15. The second-order valence-electron chi connectivity index (χ2n) is 11.8. The summed E-state index contributed by atoms with van der Waals surface area (Å²) in [5.41, 5.74) is 4.36. The molecule has 12 atom stereocenters. The van der Waals surface area contributed by atoms with Crippen LogP contribution in [0.1, 0.15) is 19.8 Å². The van der Waals surface area contributed by atoms with Gasteiger partial charge in [0, 0.05) is 116 Å². The topological polar surface area (TPSA) is 369 Å². The molecule has 6 aliphatic heterocycles. The van der Waals surface area contributed by atoms with E-state index in [0.717, 1.165) is 0 Å². The Bertz CT molecular complexity index is 1290. The fraction of sp³-hybridized carbons (Fsp3) is 0.750. The molecule has 26 nitrogen and oxygen atoms in total. The minimum Gasteiger partial charge on any atom is -0.693 e. The van der Waals surface area contributed by atoms with Crippen LogP contribution in [-0.4, -0.2) is 138 Å². The number of carbonyl (C=O) groups excluding carboxylic acids is 5. The van der Waals surface area contributed by atoms with Crippen molar-refractivity contribution in [3.05, 3.63) is 50.5 Å². The third-order valence-electron chi connectivity index (χ3n) is 7.99. The van der Waals surface area contributed by atoms with Crippen molar-refractivity contribution in [2.24, 2.45) is 23.5 Å². The summed E-state index contributed by atoms with van der Waals surface area (Å²) in [5.74, 6) is -0.492. The quantitative estimate of drug-likeness (QED) is 0.0946. The Balaban J connectivity index is -0.000000336. The molecule has 6 saturated heterocycles. The summed E-state index contributed by atoms with van der Waals surface area (Å²) in [6, 6.07) is 0. The van der Waals surface area contributed by atoms with Gasteiger partial charge in [-0.25, -0.2) is 0 Å². The van der Waals surface area contributed by atoms with E-state index in [4.69, 9.17) is 54.4 Å². The normalized spacial score (nSPS) is 30.1.